The van der Waals surface area contributed by atoms with Crippen LogP contribution in [0.5, 0.6) is 11.5 Å². The highest BCUT2D eigenvalue weighted by atomic mass is 19.4. The second-order valence-electron chi connectivity index (χ2n) is 4.17. The van der Waals surface area contributed by atoms with Crippen molar-refractivity contribution in [2.75, 3.05) is 5.73 Å². The Morgan fingerprint density at radius 1 is 1.05 bits per heavy atom. The van der Waals surface area contributed by atoms with Crippen LogP contribution in [0.1, 0.15) is 11.1 Å². The van der Waals surface area contributed by atoms with Crippen molar-refractivity contribution in [1.29, 1.82) is 0 Å². The summed E-state index contributed by atoms with van der Waals surface area (Å²) in [7, 11) is 0. The van der Waals surface area contributed by atoms with Crippen molar-refractivity contribution < 1.29 is 17.9 Å². The first-order valence-electron chi connectivity index (χ1n) is 5.57. The molecule has 100 valence electrons. The normalized spacial score (nSPS) is 11.4. The zero-order valence-electron chi connectivity index (χ0n) is 10.2. The van der Waals surface area contributed by atoms with Gasteiger partial charge in [0.2, 0.25) is 0 Å². The number of nitrogens with two attached hydrogens (primary N) is 1. The lowest BCUT2D eigenvalue weighted by molar-refractivity contribution is -0.137. The number of nitrogen functional groups attached to an aromatic ring is 1. The average molecular weight is 267 g/mol. The van der Waals surface area contributed by atoms with Gasteiger partial charge in [0.05, 0.1) is 11.3 Å². The van der Waals surface area contributed by atoms with Crippen LogP contribution in [0.25, 0.3) is 0 Å². The summed E-state index contributed by atoms with van der Waals surface area (Å²) in [5, 5.41) is 0. The van der Waals surface area contributed by atoms with Gasteiger partial charge < -0.3 is 10.5 Å². The standard InChI is InChI=1S/C14H12F3NO/c1-9-5-6-12(18)13(7-9)19-11-4-2-3-10(8-11)14(15,16)17/h2-8H,18H2,1H3. The maximum atomic E-state index is 12.6. The lowest BCUT2D eigenvalue weighted by atomic mass is 10.2. The molecule has 0 fully saturated rings. The van der Waals surface area contributed by atoms with Crippen molar-refractivity contribution in [3.63, 3.8) is 0 Å². The zero-order valence-corrected chi connectivity index (χ0v) is 10.2. The molecular weight excluding hydrogens is 255 g/mol. The Morgan fingerprint density at radius 3 is 2.47 bits per heavy atom. The third-order valence-corrected chi connectivity index (χ3v) is 2.56. The van der Waals surface area contributed by atoms with Crippen LogP contribution in [-0.4, -0.2) is 0 Å². The predicted octanol–water partition coefficient (Wildman–Crippen LogP) is 4.39. The Labute approximate surface area is 108 Å². The van der Waals surface area contributed by atoms with Gasteiger partial charge in [-0.15, -0.1) is 0 Å². The molecular formula is C14H12F3NO. The van der Waals surface area contributed by atoms with Crippen molar-refractivity contribution in [2.45, 2.75) is 13.1 Å². The van der Waals surface area contributed by atoms with Crippen molar-refractivity contribution in [1.82, 2.24) is 0 Å². The maximum absolute atomic E-state index is 12.6. The Morgan fingerprint density at radius 2 is 1.79 bits per heavy atom. The van der Waals surface area contributed by atoms with Gasteiger partial charge in [0.15, 0.2) is 5.75 Å². The number of ether oxygens (including phenoxy) is 1. The monoisotopic (exact) mass is 267 g/mol. The van der Waals surface area contributed by atoms with Crippen LogP contribution in [0.4, 0.5) is 18.9 Å². The smallest absolute Gasteiger partial charge is 0.416 e. The molecule has 2 aromatic rings. The second kappa shape index (κ2) is 4.84. The summed E-state index contributed by atoms with van der Waals surface area (Å²) < 4.78 is 43.1. The van der Waals surface area contributed by atoms with Gasteiger partial charge in [-0.25, -0.2) is 0 Å². The van der Waals surface area contributed by atoms with Gasteiger partial charge in [0.25, 0.3) is 0 Å². The highest BCUT2D eigenvalue weighted by Gasteiger charge is 2.30. The number of benzene rings is 2. The first kappa shape index (κ1) is 13.3. The lowest BCUT2D eigenvalue weighted by Crippen LogP contribution is -2.04. The van der Waals surface area contributed by atoms with Gasteiger partial charge in [-0.1, -0.05) is 12.1 Å². The van der Waals surface area contributed by atoms with E-state index in [2.05, 4.69) is 0 Å². The molecule has 0 saturated heterocycles. The van der Waals surface area contributed by atoms with Gasteiger partial charge in [-0.3, -0.25) is 0 Å². The van der Waals surface area contributed by atoms with E-state index in [1.807, 2.05) is 6.92 Å². The molecule has 0 aliphatic carbocycles. The Balaban J connectivity index is 2.31. The fraction of sp³-hybridized carbons (Fsp3) is 0.143. The van der Waals surface area contributed by atoms with Gasteiger partial charge in [0, 0.05) is 0 Å². The van der Waals surface area contributed by atoms with Gasteiger partial charge in [-0.2, -0.15) is 13.2 Å². The van der Waals surface area contributed by atoms with Gasteiger partial charge in [-0.05, 0) is 42.8 Å². The van der Waals surface area contributed by atoms with E-state index in [4.69, 9.17) is 10.5 Å². The molecule has 0 spiro atoms. The summed E-state index contributed by atoms with van der Waals surface area (Å²) >= 11 is 0. The minimum atomic E-state index is -4.39. The fourth-order valence-electron chi connectivity index (χ4n) is 1.59. The number of hydrogen-bond donors (Lipinski definition) is 1. The highest BCUT2D eigenvalue weighted by Crippen LogP contribution is 2.34. The topological polar surface area (TPSA) is 35.2 Å². The number of rotatable bonds is 2. The van der Waals surface area contributed by atoms with E-state index in [0.29, 0.717) is 11.4 Å². The summed E-state index contributed by atoms with van der Waals surface area (Å²) in [6.45, 7) is 1.85. The number of anilines is 1. The molecule has 2 N–H and O–H groups in total. The molecule has 0 radical (unpaired) electrons. The largest absolute Gasteiger partial charge is 0.455 e. The van der Waals surface area contributed by atoms with E-state index < -0.39 is 11.7 Å². The van der Waals surface area contributed by atoms with Crippen LogP contribution in [0.15, 0.2) is 42.5 Å². The van der Waals surface area contributed by atoms with Crippen molar-refractivity contribution >= 4 is 5.69 Å². The Hall–Kier alpha value is -2.17. The molecule has 2 aromatic carbocycles. The summed E-state index contributed by atoms with van der Waals surface area (Å²) in [5.41, 5.74) is 6.25. The van der Waals surface area contributed by atoms with Crippen LogP contribution in [0, 0.1) is 6.92 Å². The zero-order chi connectivity index (χ0) is 14.0. The molecule has 0 aliphatic heterocycles. The van der Waals surface area contributed by atoms with Crippen molar-refractivity contribution in [2.24, 2.45) is 0 Å². The summed E-state index contributed by atoms with van der Waals surface area (Å²) in [6, 6.07) is 9.82. The molecule has 0 aliphatic rings. The second-order valence-corrected chi connectivity index (χ2v) is 4.17. The quantitative estimate of drug-likeness (QED) is 0.819. The Kier molecular flexibility index (Phi) is 3.38. The minimum Gasteiger partial charge on any atom is -0.455 e. The molecule has 0 aromatic heterocycles. The third kappa shape index (κ3) is 3.19. The molecule has 0 heterocycles. The Bertz CT molecular complexity index is 593. The molecule has 5 heteroatoms. The van der Waals surface area contributed by atoms with E-state index in [1.165, 1.54) is 12.1 Å². The van der Waals surface area contributed by atoms with Crippen LogP contribution in [0.2, 0.25) is 0 Å². The number of hydrogen-bond acceptors (Lipinski definition) is 2. The van der Waals surface area contributed by atoms with Crippen molar-refractivity contribution in [3.8, 4) is 11.5 Å². The van der Waals surface area contributed by atoms with Crippen LogP contribution in [-0.2, 0) is 6.18 Å². The van der Waals surface area contributed by atoms with E-state index in [0.717, 1.165) is 17.7 Å². The highest BCUT2D eigenvalue weighted by molar-refractivity contribution is 5.55. The predicted molar refractivity (Wildman–Crippen MR) is 67.1 cm³/mol. The number of alkyl halides is 3. The number of aryl methyl sites for hydroxylation is 1. The molecule has 0 unspecified atom stereocenters. The van der Waals surface area contributed by atoms with E-state index in [1.54, 1.807) is 18.2 Å². The molecule has 2 rings (SSSR count). The fourth-order valence-corrected chi connectivity index (χ4v) is 1.59. The third-order valence-electron chi connectivity index (χ3n) is 2.56. The first-order chi connectivity index (χ1) is 8.86. The summed E-state index contributed by atoms with van der Waals surface area (Å²) in [4.78, 5) is 0. The lowest BCUT2D eigenvalue weighted by Gasteiger charge is -2.11. The van der Waals surface area contributed by atoms with Crippen LogP contribution < -0.4 is 10.5 Å². The average Bonchev–Trinajstić information content (AvgIpc) is 2.33. The van der Waals surface area contributed by atoms with E-state index in [-0.39, 0.29) is 5.75 Å². The molecule has 0 bridgehead atoms. The molecule has 19 heavy (non-hydrogen) atoms. The molecule has 0 saturated carbocycles. The van der Waals surface area contributed by atoms with Gasteiger partial charge >= 0.3 is 6.18 Å². The summed E-state index contributed by atoms with van der Waals surface area (Å²) in [5.74, 6) is 0.450. The number of halogens is 3. The minimum absolute atomic E-state index is 0.104. The first-order valence-corrected chi connectivity index (χ1v) is 5.57. The van der Waals surface area contributed by atoms with Crippen LogP contribution in [0.3, 0.4) is 0 Å². The van der Waals surface area contributed by atoms with Crippen LogP contribution >= 0.6 is 0 Å². The SMILES string of the molecule is Cc1ccc(N)c(Oc2cccc(C(F)(F)F)c2)c1. The summed E-state index contributed by atoms with van der Waals surface area (Å²) in [6.07, 6.45) is -4.39. The van der Waals surface area contributed by atoms with E-state index in [9.17, 15) is 13.2 Å². The molecule has 2 nitrogen and oxygen atoms in total. The van der Waals surface area contributed by atoms with E-state index >= 15 is 0 Å². The van der Waals surface area contributed by atoms with Gasteiger partial charge in [0.1, 0.15) is 5.75 Å². The maximum Gasteiger partial charge on any atom is 0.416 e. The van der Waals surface area contributed by atoms with Crippen molar-refractivity contribution in [3.05, 3.63) is 53.6 Å². The molecule has 0 amide bonds. The molecule has 0 atom stereocenters.